The smallest absolute Gasteiger partial charge is 0.315 e. The Morgan fingerprint density at radius 1 is 0.964 bits per heavy atom. The number of benzene rings is 1. The fraction of sp³-hybridized carbons (Fsp3) is 0.696. The Morgan fingerprint density at radius 3 is 2.43 bits per heavy atom. The summed E-state index contributed by atoms with van der Waals surface area (Å²) in [6.45, 7) is 5.30. The monoisotopic (exact) mass is 382 g/mol. The predicted molar refractivity (Wildman–Crippen MR) is 113 cm³/mol. The number of hydrogen-bond acceptors (Lipinski definition) is 3. The van der Waals surface area contributed by atoms with Crippen molar-refractivity contribution in [1.82, 2.24) is 15.5 Å². The number of nitrogens with one attached hydrogen (secondary N) is 2. The van der Waals surface area contributed by atoms with Crippen molar-refractivity contribution in [3.05, 3.63) is 30.3 Å². The van der Waals surface area contributed by atoms with Crippen LogP contribution in [0.25, 0.3) is 0 Å². The summed E-state index contributed by atoms with van der Waals surface area (Å²) in [7, 11) is 0. The SMILES string of the molecule is O=C(NC[C@@H]1CCN(c2ccccc2)C1)NC1[C@H]2CCC[C@H]1CN(C1CC1)C2. The second-order valence-electron chi connectivity index (χ2n) is 9.45. The predicted octanol–water partition coefficient (Wildman–Crippen LogP) is 3.08. The molecule has 5 rings (SSSR count). The summed E-state index contributed by atoms with van der Waals surface area (Å²) in [6, 6.07) is 11.9. The first-order valence-corrected chi connectivity index (χ1v) is 11.3. The van der Waals surface area contributed by atoms with Crippen molar-refractivity contribution < 1.29 is 4.79 Å². The van der Waals surface area contributed by atoms with Gasteiger partial charge in [-0.2, -0.15) is 0 Å². The maximum absolute atomic E-state index is 12.6. The van der Waals surface area contributed by atoms with E-state index in [0.717, 1.165) is 32.1 Å². The van der Waals surface area contributed by atoms with E-state index < -0.39 is 0 Å². The summed E-state index contributed by atoms with van der Waals surface area (Å²) in [4.78, 5) is 17.8. The molecule has 2 saturated heterocycles. The van der Waals surface area contributed by atoms with Gasteiger partial charge in [0.15, 0.2) is 0 Å². The van der Waals surface area contributed by atoms with E-state index in [9.17, 15) is 4.79 Å². The van der Waals surface area contributed by atoms with Crippen molar-refractivity contribution in [1.29, 1.82) is 0 Å². The van der Waals surface area contributed by atoms with Gasteiger partial charge in [0.25, 0.3) is 0 Å². The molecule has 3 atom stereocenters. The molecule has 0 radical (unpaired) electrons. The molecule has 0 spiro atoms. The molecule has 0 unspecified atom stereocenters. The molecule has 5 heteroatoms. The number of amides is 2. The van der Waals surface area contributed by atoms with Crippen molar-refractivity contribution >= 4 is 11.7 Å². The molecule has 2 aliphatic heterocycles. The van der Waals surface area contributed by atoms with Crippen LogP contribution in [0.3, 0.4) is 0 Å². The molecular weight excluding hydrogens is 348 g/mol. The Morgan fingerprint density at radius 2 is 1.71 bits per heavy atom. The highest BCUT2D eigenvalue weighted by Crippen LogP contribution is 2.39. The van der Waals surface area contributed by atoms with Gasteiger partial charge in [0.2, 0.25) is 0 Å². The molecule has 4 aliphatic rings. The highest BCUT2D eigenvalue weighted by atomic mass is 16.2. The van der Waals surface area contributed by atoms with Crippen LogP contribution in [0, 0.1) is 17.8 Å². The van der Waals surface area contributed by atoms with Gasteiger partial charge in [0, 0.05) is 50.5 Å². The fourth-order valence-electron chi connectivity index (χ4n) is 5.76. The third-order valence-corrected chi connectivity index (χ3v) is 7.42. The minimum absolute atomic E-state index is 0.0555. The molecule has 1 aromatic rings. The van der Waals surface area contributed by atoms with E-state index in [0.29, 0.717) is 23.8 Å². The Bertz CT molecular complexity index is 662. The lowest BCUT2D eigenvalue weighted by Crippen LogP contribution is -2.60. The highest BCUT2D eigenvalue weighted by Gasteiger charge is 2.43. The minimum Gasteiger partial charge on any atom is -0.371 e. The van der Waals surface area contributed by atoms with Crippen LogP contribution in [0.2, 0.25) is 0 Å². The molecule has 2 saturated carbocycles. The first-order chi connectivity index (χ1) is 13.8. The number of nitrogens with zero attached hydrogens (tertiary/aromatic N) is 2. The summed E-state index contributed by atoms with van der Waals surface area (Å²) in [5.74, 6) is 1.85. The van der Waals surface area contributed by atoms with E-state index in [-0.39, 0.29) is 6.03 Å². The third-order valence-electron chi connectivity index (χ3n) is 7.42. The number of anilines is 1. The van der Waals surface area contributed by atoms with E-state index in [1.54, 1.807) is 0 Å². The van der Waals surface area contributed by atoms with Crippen LogP contribution in [0.15, 0.2) is 30.3 Å². The maximum Gasteiger partial charge on any atom is 0.315 e. The van der Waals surface area contributed by atoms with Crippen molar-refractivity contribution in [2.24, 2.45) is 17.8 Å². The van der Waals surface area contributed by atoms with Gasteiger partial charge in [-0.15, -0.1) is 0 Å². The quantitative estimate of drug-likeness (QED) is 0.823. The molecule has 4 fully saturated rings. The van der Waals surface area contributed by atoms with Crippen LogP contribution in [-0.2, 0) is 0 Å². The van der Waals surface area contributed by atoms with Crippen LogP contribution in [0.4, 0.5) is 10.5 Å². The first kappa shape index (κ1) is 18.3. The van der Waals surface area contributed by atoms with Gasteiger partial charge < -0.3 is 15.5 Å². The zero-order chi connectivity index (χ0) is 18.9. The van der Waals surface area contributed by atoms with E-state index >= 15 is 0 Å². The molecule has 2 bridgehead atoms. The van der Waals surface area contributed by atoms with Gasteiger partial charge in [-0.3, -0.25) is 4.90 Å². The number of urea groups is 1. The molecule has 152 valence electrons. The number of carbonyl (C=O) groups is 1. The number of likely N-dealkylation sites (tertiary alicyclic amines) is 1. The summed E-state index contributed by atoms with van der Waals surface area (Å²) < 4.78 is 0. The standard InChI is InChI=1S/C23H34N4O/c28-23(24-13-17-11-12-26(14-17)20-7-2-1-3-8-20)25-22-18-5-4-6-19(22)16-27(15-18)21-9-10-21/h1-3,7-8,17-19,21-22H,4-6,9-16H2,(H2,24,25,28)/t17-,18-,19-/m0/s1. The Kier molecular flexibility index (Phi) is 5.19. The third kappa shape index (κ3) is 4.00. The second kappa shape index (κ2) is 7.94. The number of hydrogen-bond donors (Lipinski definition) is 2. The van der Waals surface area contributed by atoms with Crippen molar-refractivity contribution in [2.45, 2.75) is 50.6 Å². The van der Waals surface area contributed by atoms with E-state index in [4.69, 9.17) is 0 Å². The molecule has 2 aliphatic carbocycles. The van der Waals surface area contributed by atoms with Crippen LogP contribution in [0.1, 0.15) is 38.5 Å². The van der Waals surface area contributed by atoms with Gasteiger partial charge in [-0.25, -0.2) is 4.79 Å². The largest absolute Gasteiger partial charge is 0.371 e. The number of rotatable bonds is 5. The lowest BCUT2D eigenvalue weighted by Gasteiger charge is -2.47. The number of piperidine rings is 1. The summed E-state index contributed by atoms with van der Waals surface area (Å²) in [6.07, 6.45) is 7.82. The van der Waals surface area contributed by atoms with Gasteiger partial charge in [-0.1, -0.05) is 24.6 Å². The van der Waals surface area contributed by atoms with E-state index in [1.165, 1.54) is 50.9 Å². The lowest BCUT2D eigenvalue weighted by atomic mass is 9.73. The number of carbonyl (C=O) groups excluding carboxylic acids is 1. The maximum atomic E-state index is 12.6. The van der Waals surface area contributed by atoms with E-state index in [2.05, 4.69) is 50.8 Å². The van der Waals surface area contributed by atoms with Crippen molar-refractivity contribution in [3.8, 4) is 0 Å². The van der Waals surface area contributed by atoms with Gasteiger partial charge in [-0.05, 0) is 62.0 Å². The average Bonchev–Trinajstić information content (AvgIpc) is 3.44. The second-order valence-corrected chi connectivity index (χ2v) is 9.45. The van der Waals surface area contributed by atoms with Crippen LogP contribution >= 0.6 is 0 Å². The Labute approximate surface area is 168 Å². The minimum atomic E-state index is 0.0555. The number of fused-ring (bicyclic) bond motifs is 2. The van der Waals surface area contributed by atoms with Crippen molar-refractivity contribution in [2.75, 3.05) is 37.6 Å². The van der Waals surface area contributed by atoms with Crippen LogP contribution in [-0.4, -0.2) is 55.7 Å². The lowest BCUT2D eigenvalue weighted by molar-refractivity contribution is 0.0464. The summed E-state index contributed by atoms with van der Waals surface area (Å²) >= 11 is 0. The fourth-order valence-corrected chi connectivity index (χ4v) is 5.76. The average molecular weight is 383 g/mol. The molecule has 2 N–H and O–H groups in total. The van der Waals surface area contributed by atoms with Crippen LogP contribution < -0.4 is 15.5 Å². The van der Waals surface area contributed by atoms with Gasteiger partial charge in [0.1, 0.15) is 0 Å². The molecular formula is C23H34N4O. The van der Waals surface area contributed by atoms with Gasteiger partial charge in [0.05, 0.1) is 0 Å². The van der Waals surface area contributed by atoms with Gasteiger partial charge >= 0.3 is 6.03 Å². The Balaban J connectivity index is 1.09. The summed E-state index contributed by atoms with van der Waals surface area (Å²) in [5.41, 5.74) is 1.30. The summed E-state index contributed by atoms with van der Waals surface area (Å²) in [5, 5.41) is 6.57. The zero-order valence-electron chi connectivity index (χ0n) is 16.9. The molecule has 28 heavy (non-hydrogen) atoms. The molecule has 1 aromatic carbocycles. The molecule has 5 nitrogen and oxygen atoms in total. The molecule has 0 aromatic heterocycles. The van der Waals surface area contributed by atoms with Crippen LogP contribution in [0.5, 0.6) is 0 Å². The van der Waals surface area contributed by atoms with E-state index in [1.807, 2.05) is 0 Å². The first-order valence-electron chi connectivity index (χ1n) is 11.3. The van der Waals surface area contributed by atoms with Crippen molar-refractivity contribution in [3.63, 3.8) is 0 Å². The number of para-hydroxylation sites is 1. The zero-order valence-corrected chi connectivity index (χ0v) is 16.9. The molecule has 2 heterocycles. The Hall–Kier alpha value is -1.75. The molecule has 2 amide bonds. The normalized spacial score (nSPS) is 32.9. The highest BCUT2D eigenvalue weighted by molar-refractivity contribution is 5.74. The topological polar surface area (TPSA) is 47.6 Å².